The van der Waals surface area contributed by atoms with E-state index in [4.69, 9.17) is 16.3 Å². The fourth-order valence-corrected chi connectivity index (χ4v) is 5.81. The molecule has 3 aromatic carbocycles. The minimum Gasteiger partial charge on any atom is -0.495 e. The van der Waals surface area contributed by atoms with E-state index in [0.29, 0.717) is 0 Å². The number of nitrogens with one attached hydrogen (secondary N) is 1. The summed E-state index contributed by atoms with van der Waals surface area (Å²) in [7, 11) is -2.84. The average molecular weight is 600 g/mol. The molecule has 0 radical (unpaired) electrons. The third kappa shape index (κ3) is 7.80. The highest BCUT2D eigenvalue weighted by atomic mass is 35.5. The number of hydrogen-bond donors (Lipinski definition) is 1. The van der Waals surface area contributed by atoms with Crippen LogP contribution in [0.2, 0.25) is 5.02 Å². The molecule has 220 valence electrons. The topological polar surface area (TPSA) is 96.0 Å². The van der Waals surface area contributed by atoms with Gasteiger partial charge in [0.1, 0.15) is 18.3 Å². The smallest absolute Gasteiger partial charge is 0.264 e. The van der Waals surface area contributed by atoms with Crippen molar-refractivity contribution in [1.82, 2.24) is 10.2 Å². The maximum atomic E-state index is 14.1. The first kappa shape index (κ1) is 32.0. The van der Waals surface area contributed by atoms with Crippen molar-refractivity contribution in [2.24, 2.45) is 0 Å². The fraction of sp³-hybridized carbons (Fsp3) is 0.355. The van der Waals surface area contributed by atoms with Crippen molar-refractivity contribution in [3.05, 3.63) is 88.4 Å². The molecule has 0 spiro atoms. The van der Waals surface area contributed by atoms with Gasteiger partial charge in [-0.3, -0.25) is 13.9 Å². The van der Waals surface area contributed by atoms with Crippen LogP contribution in [0.5, 0.6) is 5.75 Å². The maximum absolute atomic E-state index is 14.1. The van der Waals surface area contributed by atoms with Crippen LogP contribution in [-0.2, 0) is 26.2 Å². The van der Waals surface area contributed by atoms with Gasteiger partial charge >= 0.3 is 0 Å². The number of ether oxygens (including phenoxy) is 1. The normalized spacial score (nSPS) is 12.8. The van der Waals surface area contributed by atoms with E-state index in [9.17, 15) is 18.0 Å². The van der Waals surface area contributed by atoms with Crippen LogP contribution in [0, 0.1) is 13.8 Å². The number of methoxy groups -OCH3 is 1. The minimum atomic E-state index is -4.25. The monoisotopic (exact) mass is 599 g/mol. The number of rotatable bonds is 12. The molecule has 10 heteroatoms. The van der Waals surface area contributed by atoms with Crippen molar-refractivity contribution in [3.8, 4) is 5.75 Å². The van der Waals surface area contributed by atoms with E-state index in [1.807, 2.05) is 52.0 Å². The quantitative estimate of drug-likeness (QED) is 0.297. The van der Waals surface area contributed by atoms with Gasteiger partial charge in [-0.1, -0.05) is 60.5 Å². The van der Waals surface area contributed by atoms with E-state index in [2.05, 4.69) is 5.32 Å². The van der Waals surface area contributed by atoms with Crippen molar-refractivity contribution in [2.75, 3.05) is 18.0 Å². The Balaban J connectivity index is 2.11. The molecule has 3 rings (SSSR count). The number of benzene rings is 3. The second-order valence-electron chi connectivity index (χ2n) is 10.1. The molecule has 0 bridgehead atoms. The highest BCUT2D eigenvalue weighted by Gasteiger charge is 2.34. The van der Waals surface area contributed by atoms with E-state index in [-0.39, 0.29) is 39.8 Å². The van der Waals surface area contributed by atoms with Crippen LogP contribution in [0.25, 0.3) is 0 Å². The van der Waals surface area contributed by atoms with Crippen LogP contribution in [-0.4, -0.2) is 50.9 Å². The van der Waals surface area contributed by atoms with Crippen LogP contribution in [0.15, 0.2) is 71.6 Å². The maximum Gasteiger partial charge on any atom is 0.264 e. The summed E-state index contributed by atoms with van der Waals surface area (Å²) in [5.41, 5.74) is 2.79. The summed E-state index contributed by atoms with van der Waals surface area (Å²) < 4.78 is 34.6. The predicted octanol–water partition coefficient (Wildman–Crippen LogP) is 5.49. The molecule has 1 N–H and O–H groups in total. The Morgan fingerprint density at radius 1 is 1.00 bits per heavy atom. The molecule has 0 fully saturated rings. The first-order valence-electron chi connectivity index (χ1n) is 13.5. The summed E-state index contributed by atoms with van der Waals surface area (Å²) in [5, 5.41) is 3.21. The van der Waals surface area contributed by atoms with Crippen molar-refractivity contribution in [2.45, 2.75) is 64.6 Å². The van der Waals surface area contributed by atoms with E-state index in [1.54, 1.807) is 31.2 Å². The van der Waals surface area contributed by atoms with Crippen LogP contribution in [0.3, 0.4) is 0 Å². The Morgan fingerprint density at radius 2 is 1.66 bits per heavy atom. The molecule has 0 saturated heterocycles. The zero-order valence-electron chi connectivity index (χ0n) is 24.3. The van der Waals surface area contributed by atoms with E-state index in [1.165, 1.54) is 30.2 Å². The molecule has 0 aromatic heterocycles. The minimum absolute atomic E-state index is 0.00550. The lowest BCUT2D eigenvalue weighted by Crippen LogP contribution is -2.52. The van der Waals surface area contributed by atoms with Gasteiger partial charge in [-0.25, -0.2) is 8.42 Å². The van der Waals surface area contributed by atoms with Crippen molar-refractivity contribution in [1.29, 1.82) is 0 Å². The largest absolute Gasteiger partial charge is 0.495 e. The van der Waals surface area contributed by atoms with Crippen molar-refractivity contribution < 1.29 is 22.7 Å². The molecule has 8 nitrogen and oxygen atoms in total. The molecule has 3 aromatic rings. The molecular formula is C31H38ClN3O5S. The van der Waals surface area contributed by atoms with Gasteiger partial charge in [-0.15, -0.1) is 0 Å². The van der Waals surface area contributed by atoms with Gasteiger partial charge in [0, 0.05) is 17.6 Å². The Bertz CT molecular complexity index is 1480. The first-order valence-corrected chi connectivity index (χ1v) is 15.3. The summed E-state index contributed by atoms with van der Waals surface area (Å²) in [6, 6.07) is 17.5. The van der Waals surface area contributed by atoms with E-state index < -0.39 is 28.5 Å². The molecule has 41 heavy (non-hydrogen) atoms. The lowest BCUT2D eigenvalue weighted by molar-refractivity contribution is -0.139. The molecule has 0 aliphatic carbocycles. The van der Waals surface area contributed by atoms with Crippen LogP contribution in [0.1, 0.15) is 43.9 Å². The highest BCUT2D eigenvalue weighted by Crippen LogP contribution is 2.35. The van der Waals surface area contributed by atoms with Crippen molar-refractivity contribution >= 4 is 39.1 Å². The van der Waals surface area contributed by atoms with Gasteiger partial charge in [-0.05, 0) is 75.6 Å². The number of hydrogen-bond acceptors (Lipinski definition) is 5. The standard InChI is InChI=1S/C31H38ClN3O5S/c1-7-23(4)33-31(37)24(5)34(19-25-11-9-8-10-22(25)3)30(36)20-35(28-18-26(32)14-17-29(28)40-6)41(38,39)27-15-12-21(2)13-16-27/h8-18,23-24H,7,19-20H2,1-6H3,(H,33,37). The molecule has 0 saturated carbocycles. The van der Waals surface area contributed by atoms with Gasteiger partial charge in [0.2, 0.25) is 11.8 Å². The molecule has 2 amide bonds. The Morgan fingerprint density at radius 3 is 2.27 bits per heavy atom. The lowest BCUT2D eigenvalue weighted by atomic mass is 10.1. The first-order chi connectivity index (χ1) is 19.4. The number of carbonyl (C=O) groups is 2. The van der Waals surface area contributed by atoms with Gasteiger partial charge in [0.25, 0.3) is 10.0 Å². The number of sulfonamides is 1. The SMILES string of the molecule is CCC(C)NC(=O)C(C)N(Cc1ccccc1C)C(=O)CN(c1cc(Cl)ccc1OC)S(=O)(=O)c1ccc(C)cc1. The summed E-state index contributed by atoms with van der Waals surface area (Å²) in [6.07, 6.45) is 0.724. The molecule has 0 heterocycles. The zero-order valence-corrected chi connectivity index (χ0v) is 25.9. The third-order valence-corrected chi connectivity index (χ3v) is 9.08. The number of carbonyl (C=O) groups excluding carboxylic acids is 2. The van der Waals surface area contributed by atoms with E-state index in [0.717, 1.165) is 27.4 Å². The van der Waals surface area contributed by atoms with Crippen molar-refractivity contribution in [3.63, 3.8) is 0 Å². The van der Waals surface area contributed by atoms with Gasteiger partial charge < -0.3 is 15.0 Å². The highest BCUT2D eigenvalue weighted by molar-refractivity contribution is 7.92. The second-order valence-corrected chi connectivity index (χ2v) is 12.4. The molecule has 0 aliphatic heterocycles. The van der Waals surface area contributed by atoms with Crippen LogP contribution >= 0.6 is 11.6 Å². The molecule has 2 unspecified atom stereocenters. The second kappa shape index (κ2) is 13.9. The third-order valence-electron chi connectivity index (χ3n) is 7.07. The Labute approximate surface area is 248 Å². The van der Waals surface area contributed by atoms with Crippen LogP contribution in [0.4, 0.5) is 5.69 Å². The van der Waals surface area contributed by atoms with Gasteiger partial charge in [-0.2, -0.15) is 0 Å². The Hall–Kier alpha value is -3.56. The summed E-state index contributed by atoms with van der Waals surface area (Å²) in [5.74, 6) is -0.654. The van der Waals surface area contributed by atoms with Gasteiger partial charge in [0.15, 0.2) is 0 Å². The number of halogens is 1. The lowest BCUT2D eigenvalue weighted by Gasteiger charge is -2.33. The summed E-state index contributed by atoms with van der Waals surface area (Å²) in [4.78, 5) is 28.8. The predicted molar refractivity (Wildman–Crippen MR) is 163 cm³/mol. The fourth-order valence-electron chi connectivity index (χ4n) is 4.23. The van der Waals surface area contributed by atoms with E-state index >= 15 is 0 Å². The zero-order chi connectivity index (χ0) is 30.3. The number of amides is 2. The summed E-state index contributed by atoms with van der Waals surface area (Å²) in [6.45, 7) is 8.80. The average Bonchev–Trinajstić information content (AvgIpc) is 2.95. The molecule has 2 atom stereocenters. The number of nitrogens with zero attached hydrogens (tertiary/aromatic N) is 2. The number of anilines is 1. The molecule has 0 aliphatic rings. The number of aryl methyl sites for hydroxylation is 2. The Kier molecular flexibility index (Phi) is 10.8. The molecular weight excluding hydrogens is 562 g/mol. The van der Waals surface area contributed by atoms with Gasteiger partial charge in [0.05, 0.1) is 17.7 Å². The summed E-state index contributed by atoms with van der Waals surface area (Å²) >= 11 is 6.29. The van der Waals surface area contributed by atoms with Crippen LogP contribution < -0.4 is 14.4 Å².